The van der Waals surface area contributed by atoms with Crippen molar-refractivity contribution in [2.24, 2.45) is 10.8 Å². The summed E-state index contributed by atoms with van der Waals surface area (Å²) in [5.41, 5.74) is 10.1. The van der Waals surface area contributed by atoms with Gasteiger partial charge in [-0.15, -0.1) is 0 Å². The number of nitrogens with one attached hydrogen (secondary N) is 1. The van der Waals surface area contributed by atoms with Crippen molar-refractivity contribution in [1.29, 1.82) is 0 Å². The Balaban J connectivity index is 1.48. The number of aromatic nitrogens is 4. The van der Waals surface area contributed by atoms with Crippen LogP contribution in [0.4, 0.5) is 10.2 Å². The van der Waals surface area contributed by atoms with E-state index in [9.17, 15) is 4.39 Å². The summed E-state index contributed by atoms with van der Waals surface area (Å²) in [5, 5.41) is 12.8. The lowest BCUT2D eigenvalue weighted by Gasteiger charge is -2.20. The Kier molecular flexibility index (Phi) is 5.30. The molecule has 1 aromatic carbocycles. The van der Waals surface area contributed by atoms with Crippen LogP contribution >= 0.6 is 0 Å². The number of aryl methyl sites for hydroxylation is 1. The van der Waals surface area contributed by atoms with E-state index >= 15 is 0 Å². The van der Waals surface area contributed by atoms with Gasteiger partial charge in [0.05, 0.1) is 12.9 Å². The van der Waals surface area contributed by atoms with E-state index in [1.807, 2.05) is 42.3 Å². The second-order valence-corrected chi connectivity index (χ2v) is 6.75. The molecular weight excluding hydrogens is 371 g/mol. The molecule has 9 heteroatoms. The molecule has 148 valence electrons. The maximum Gasteiger partial charge on any atom is 0.155 e. The summed E-state index contributed by atoms with van der Waals surface area (Å²) < 4.78 is 12.8. The molecule has 0 saturated carbocycles. The fraction of sp³-hybridized carbons (Fsp3) is 0.200. The molecule has 3 heterocycles. The van der Waals surface area contributed by atoms with Crippen molar-refractivity contribution in [2.75, 3.05) is 24.7 Å². The molecule has 29 heavy (non-hydrogen) atoms. The first-order chi connectivity index (χ1) is 14.2. The maximum absolute atomic E-state index is 12.8. The summed E-state index contributed by atoms with van der Waals surface area (Å²) in [7, 11) is 0. The molecule has 1 aliphatic rings. The number of benzene rings is 1. The fourth-order valence-electron chi connectivity index (χ4n) is 3.17. The van der Waals surface area contributed by atoms with Crippen LogP contribution in [0.25, 0.3) is 22.5 Å². The molecule has 3 N–H and O–H groups in total. The first-order valence-electron chi connectivity index (χ1n) is 9.14. The number of rotatable bonds is 6. The van der Waals surface area contributed by atoms with Crippen molar-refractivity contribution >= 4 is 12.2 Å². The third-order valence-corrected chi connectivity index (χ3v) is 4.70. The second kappa shape index (κ2) is 8.19. The van der Waals surface area contributed by atoms with Crippen LogP contribution in [0.3, 0.4) is 0 Å². The van der Waals surface area contributed by atoms with Crippen molar-refractivity contribution in [3.05, 3.63) is 60.3 Å². The van der Waals surface area contributed by atoms with Crippen molar-refractivity contribution < 1.29 is 4.39 Å². The largest absolute Gasteiger partial charge is 0.327 e. The van der Waals surface area contributed by atoms with Gasteiger partial charge < -0.3 is 5.73 Å². The van der Waals surface area contributed by atoms with E-state index in [0.717, 1.165) is 33.9 Å². The van der Waals surface area contributed by atoms with Gasteiger partial charge in [0.25, 0.3) is 0 Å². The molecule has 0 atom stereocenters. The van der Waals surface area contributed by atoms with Crippen LogP contribution in [0.2, 0.25) is 0 Å². The average molecular weight is 392 g/mol. The molecule has 0 saturated heterocycles. The molecule has 0 unspecified atom stereocenters. The zero-order valence-electron chi connectivity index (χ0n) is 16.0. The first-order valence-corrected chi connectivity index (χ1v) is 9.14. The monoisotopic (exact) mass is 392 g/mol. The molecular formula is C20H21FN8. The van der Waals surface area contributed by atoms with E-state index in [2.05, 4.69) is 31.3 Å². The molecule has 0 radical (unpaired) electrons. The molecule has 4 rings (SSSR count). The number of pyridine rings is 1. The van der Waals surface area contributed by atoms with Gasteiger partial charge in [-0.2, -0.15) is 10.2 Å². The number of anilines is 1. The smallest absolute Gasteiger partial charge is 0.155 e. The highest BCUT2D eigenvalue weighted by Gasteiger charge is 2.19. The second-order valence-electron chi connectivity index (χ2n) is 6.75. The predicted octanol–water partition coefficient (Wildman–Crippen LogP) is 2.68. The van der Waals surface area contributed by atoms with Crippen molar-refractivity contribution in [3.8, 4) is 22.5 Å². The highest BCUT2D eigenvalue weighted by Crippen LogP contribution is 2.27. The Labute approximate surface area is 167 Å². The average Bonchev–Trinajstić information content (AvgIpc) is 3.44. The lowest BCUT2D eigenvalue weighted by Crippen LogP contribution is -2.29. The summed E-state index contributed by atoms with van der Waals surface area (Å²) in [5.74, 6) is 1.55. The number of hydrogen-bond acceptors (Lipinski definition) is 7. The van der Waals surface area contributed by atoms with E-state index < -0.39 is 0 Å². The van der Waals surface area contributed by atoms with Gasteiger partial charge >= 0.3 is 0 Å². The Morgan fingerprint density at radius 1 is 1.21 bits per heavy atom. The van der Waals surface area contributed by atoms with Crippen molar-refractivity contribution in [2.45, 2.75) is 6.92 Å². The van der Waals surface area contributed by atoms with E-state index in [4.69, 9.17) is 5.73 Å². The number of aromatic amines is 1. The van der Waals surface area contributed by atoms with Gasteiger partial charge in [-0.1, -0.05) is 24.3 Å². The predicted molar refractivity (Wildman–Crippen MR) is 111 cm³/mol. The molecule has 0 aliphatic carbocycles. The Hall–Kier alpha value is -3.59. The Morgan fingerprint density at radius 2 is 2.00 bits per heavy atom. The van der Waals surface area contributed by atoms with Crippen LogP contribution in [0.15, 0.2) is 59.9 Å². The van der Waals surface area contributed by atoms with Crippen LogP contribution in [0.1, 0.15) is 5.56 Å². The maximum atomic E-state index is 12.8. The minimum atomic E-state index is 0.170. The van der Waals surface area contributed by atoms with Gasteiger partial charge in [-0.25, -0.2) is 14.4 Å². The zero-order chi connectivity index (χ0) is 20.2. The Morgan fingerprint density at radius 3 is 2.66 bits per heavy atom. The summed E-state index contributed by atoms with van der Waals surface area (Å²) in [6, 6.07) is 10.2. The summed E-state index contributed by atoms with van der Waals surface area (Å²) in [4.78, 5) is 10.7. The number of nitrogens with zero attached hydrogens (tertiary/aromatic N) is 6. The molecule has 8 nitrogen and oxygen atoms in total. The Bertz CT molecular complexity index is 1030. The minimum absolute atomic E-state index is 0.170. The quantitative estimate of drug-likeness (QED) is 0.669. The van der Waals surface area contributed by atoms with Gasteiger partial charge in [-0.05, 0) is 29.7 Å². The van der Waals surface area contributed by atoms with Crippen LogP contribution in [-0.2, 0) is 0 Å². The molecule has 0 fully saturated rings. The third-order valence-electron chi connectivity index (χ3n) is 4.70. The van der Waals surface area contributed by atoms with E-state index in [1.165, 1.54) is 6.33 Å². The number of nitrogens with two attached hydrogens (primary N) is 1. The number of hydrogen-bond donors (Lipinski definition) is 2. The highest BCUT2D eigenvalue weighted by atomic mass is 19.1. The van der Waals surface area contributed by atoms with Gasteiger partial charge in [0.1, 0.15) is 25.2 Å². The topological polar surface area (TPSA) is 99.3 Å². The molecule has 3 aromatic rings. The lowest BCUT2D eigenvalue weighted by atomic mass is 10.0. The SMILES string of the molecule is Cc1cc(-c2ccc(-c3ncn[nH]3)cc2)cnc1N1C=NN(C/C(=C\F)CN)C1. The minimum Gasteiger partial charge on any atom is -0.327 e. The van der Waals surface area contributed by atoms with Gasteiger partial charge in [-0.3, -0.25) is 15.0 Å². The first kappa shape index (κ1) is 18.8. The van der Waals surface area contributed by atoms with E-state index in [1.54, 1.807) is 11.3 Å². The molecule has 2 aromatic heterocycles. The lowest BCUT2D eigenvalue weighted by molar-refractivity contribution is 0.342. The molecule has 0 bridgehead atoms. The zero-order valence-corrected chi connectivity index (χ0v) is 16.0. The van der Waals surface area contributed by atoms with Gasteiger partial charge in [0, 0.05) is 23.9 Å². The normalized spacial score (nSPS) is 14.1. The highest BCUT2D eigenvalue weighted by molar-refractivity contribution is 5.81. The third kappa shape index (κ3) is 3.99. The van der Waals surface area contributed by atoms with Crippen LogP contribution < -0.4 is 10.6 Å². The van der Waals surface area contributed by atoms with E-state index in [0.29, 0.717) is 25.1 Å². The fourth-order valence-corrected chi connectivity index (χ4v) is 3.17. The summed E-state index contributed by atoms with van der Waals surface area (Å²) in [6.45, 7) is 3.03. The summed E-state index contributed by atoms with van der Waals surface area (Å²) >= 11 is 0. The standard InChI is InChI=1S/C20H21FN8/c1-14-6-18(16-2-4-17(5-3-16)19-24-11-25-27-19)9-23-20(14)28-12-26-29(13-28)10-15(7-21)8-22/h2-7,9,11-12H,8,10,13,22H2,1H3,(H,24,25,27)/b15-7-. The van der Waals surface area contributed by atoms with Crippen LogP contribution in [0.5, 0.6) is 0 Å². The number of H-pyrrole nitrogens is 1. The van der Waals surface area contributed by atoms with Crippen molar-refractivity contribution in [3.63, 3.8) is 0 Å². The number of halogens is 1. The molecule has 1 aliphatic heterocycles. The summed E-state index contributed by atoms with van der Waals surface area (Å²) in [6.07, 6.45) is 5.58. The van der Waals surface area contributed by atoms with Crippen LogP contribution in [0, 0.1) is 6.92 Å². The van der Waals surface area contributed by atoms with Gasteiger partial charge in [0.2, 0.25) is 0 Å². The molecule has 0 spiro atoms. The van der Waals surface area contributed by atoms with Crippen LogP contribution in [-0.4, -0.2) is 51.3 Å². The van der Waals surface area contributed by atoms with E-state index in [-0.39, 0.29) is 6.54 Å². The number of hydrazone groups is 1. The van der Waals surface area contributed by atoms with Gasteiger partial charge in [0.15, 0.2) is 5.82 Å². The van der Waals surface area contributed by atoms with Crippen molar-refractivity contribution in [1.82, 2.24) is 25.2 Å². The molecule has 0 amide bonds.